The third-order valence-electron chi connectivity index (χ3n) is 3.60. The van der Waals surface area contributed by atoms with Crippen LogP contribution in [-0.2, 0) is 17.6 Å². The fourth-order valence-corrected chi connectivity index (χ4v) is 2.51. The summed E-state index contributed by atoms with van der Waals surface area (Å²) in [6.07, 6.45) is 9.92. The highest BCUT2D eigenvalue weighted by Gasteiger charge is 2.20. The topological polar surface area (TPSA) is 59.3 Å². The number of aldehydes is 1. The first-order valence-corrected chi connectivity index (χ1v) is 7.57. The lowest BCUT2D eigenvalue weighted by Gasteiger charge is -2.05. The molecule has 0 aromatic carbocycles. The van der Waals surface area contributed by atoms with Crippen molar-refractivity contribution in [1.29, 1.82) is 0 Å². The summed E-state index contributed by atoms with van der Waals surface area (Å²) >= 11 is 0. The van der Waals surface area contributed by atoms with Crippen LogP contribution in [0.15, 0.2) is 6.20 Å². The molecular weight excluding hydrogens is 254 g/mol. The van der Waals surface area contributed by atoms with Crippen molar-refractivity contribution < 1.29 is 14.8 Å². The van der Waals surface area contributed by atoms with Crippen LogP contribution in [0.3, 0.4) is 0 Å². The molecule has 0 aliphatic carbocycles. The molecule has 1 aromatic rings. The largest absolute Gasteiger partial charge is 0.428 e. The fraction of sp³-hybridized carbons (Fsp3) is 0.625. The summed E-state index contributed by atoms with van der Waals surface area (Å²) in [5, 5.41) is 9.86. The van der Waals surface area contributed by atoms with Crippen LogP contribution >= 0.6 is 0 Å². The predicted molar refractivity (Wildman–Crippen MR) is 78.5 cm³/mol. The second kappa shape index (κ2) is 8.56. The zero-order valence-corrected chi connectivity index (χ0v) is 12.5. The molecule has 4 heteroatoms. The molecule has 0 saturated carbocycles. The Balaban J connectivity index is 2.96. The van der Waals surface area contributed by atoms with Crippen LogP contribution in [0.25, 0.3) is 0 Å². The molecule has 0 spiro atoms. The molecule has 0 atom stereocenters. The molecule has 0 amide bonds. The van der Waals surface area contributed by atoms with Crippen LogP contribution in [-0.4, -0.2) is 22.0 Å². The minimum atomic E-state index is -0.638. The van der Waals surface area contributed by atoms with E-state index in [9.17, 15) is 14.8 Å². The smallest absolute Gasteiger partial charge is 0.245 e. The van der Waals surface area contributed by atoms with Crippen molar-refractivity contribution in [3.8, 4) is 0 Å². The maximum atomic E-state index is 11.7. The quantitative estimate of drug-likeness (QED) is 0.234. The molecule has 1 rings (SSSR count). The molecule has 1 N–H and O–H groups in total. The summed E-state index contributed by atoms with van der Waals surface area (Å²) in [5.74, 6) is -0.638. The number of rotatable bonds is 10. The van der Waals surface area contributed by atoms with Gasteiger partial charge in [-0.15, -0.1) is 0 Å². The van der Waals surface area contributed by atoms with Gasteiger partial charge in [0.1, 0.15) is 5.69 Å². The SMILES string of the molecule is CCCCCc1cn(O)c(C(=O)C=O)c1CCCCC. The summed E-state index contributed by atoms with van der Waals surface area (Å²) in [7, 11) is 0. The van der Waals surface area contributed by atoms with E-state index in [-0.39, 0.29) is 12.0 Å². The lowest BCUT2D eigenvalue weighted by molar-refractivity contribution is -0.104. The molecule has 0 fully saturated rings. The number of hydrogen-bond donors (Lipinski definition) is 1. The molecule has 0 bridgehead atoms. The van der Waals surface area contributed by atoms with E-state index in [1.54, 1.807) is 6.20 Å². The molecule has 0 radical (unpaired) electrons. The van der Waals surface area contributed by atoms with Crippen molar-refractivity contribution in [1.82, 2.24) is 4.73 Å². The minimum Gasteiger partial charge on any atom is -0.428 e. The standard InChI is InChI=1S/C16H25NO3/c1-3-5-7-9-13-11-17(20)16(15(19)12-18)14(13)10-8-6-4-2/h11-12,20H,3-10H2,1-2H3. The van der Waals surface area contributed by atoms with Crippen LogP contribution in [0.4, 0.5) is 0 Å². The summed E-state index contributed by atoms with van der Waals surface area (Å²) in [5.41, 5.74) is 2.01. The third kappa shape index (κ3) is 4.22. The van der Waals surface area contributed by atoms with E-state index in [4.69, 9.17) is 0 Å². The van der Waals surface area contributed by atoms with Gasteiger partial charge >= 0.3 is 0 Å². The van der Waals surface area contributed by atoms with E-state index in [0.717, 1.165) is 67.2 Å². The third-order valence-corrected chi connectivity index (χ3v) is 3.60. The first-order chi connectivity index (χ1) is 9.65. The summed E-state index contributed by atoms with van der Waals surface area (Å²) in [6, 6.07) is 0. The van der Waals surface area contributed by atoms with Crippen molar-refractivity contribution in [2.75, 3.05) is 0 Å². The lowest BCUT2D eigenvalue weighted by atomic mass is 9.98. The Kier molecular flexibility index (Phi) is 7.05. The molecule has 112 valence electrons. The average Bonchev–Trinajstić information content (AvgIpc) is 2.75. The number of ketones is 1. The lowest BCUT2D eigenvalue weighted by Crippen LogP contribution is -2.10. The maximum absolute atomic E-state index is 11.7. The van der Waals surface area contributed by atoms with Gasteiger partial charge in [-0.2, -0.15) is 4.73 Å². The predicted octanol–water partition coefficient (Wildman–Crippen LogP) is 3.57. The number of nitrogens with zero attached hydrogens (tertiary/aromatic N) is 1. The summed E-state index contributed by atoms with van der Waals surface area (Å²) < 4.78 is 0.833. The number of aryl methyl sites for hydroxylation is 1. The normalized spacial score (nSPS) is 10.7. The molecule has 0 unspecified atom stereocenters. The van der Waals surface area contributed by atoms with E-state index in [1.807, 2.05) is 0 Å². The Morgan fingerprint density at radius 3 is 2.30 bits per heavy atom. The van der Waals surface area contributed by atoms with Crippen molar-refractivity contribution in [2.45, 2.75) is 65.2 Å². The maximum Gasteiger partial charge on any atom is 0.245 e. The van der Waals surface area contributed by atoms with Gasteiger partial charge in [-0.05, 0) is 36.8 Å². The Labute approximate surface area is 120 Å². The molecule has 0 aliphatic rings. The zero-order valence-electron chi connectivity index (χ0n) is 12.5. The number of hydrogen-bond acceptors (Lipinski definition) is 3. The molecule has 1 aromatic heterocycles. The van der Waals surface area contributed by atoms with Gasteiger partial charge in [0, 0.05) is 6.20 Å². The van der Waals surface area contributed by atoms with Crippen LogP contribution in [0.5, 0.6) is 0 Å². The second-order valence-electron chi connectivity index (χ2n) is 5.22. The minimum absolute atomic E-state index is 0.155. The molecule has 4 nitrogen and oxygen atoms in total. The van der Waals surface area contributed by atoms with Gasteiger partial charge in [-0.3, -0.25) is 9.59 Å². The van der Waals surface area contributed by atoms with Crippen molar-refractivity contribution in [3.63, 3.8) is 0 Å². The number of aromatic nitrogens is 1. The molecule has 1 heterocycles. The van der Waals surface area contributed by atoms with Gasteiger partial charge in [-0.1, -0.05) is 39.5 Å². The molecule has 0 saturated heterocycles. The highest BCUT2D eigenvalue weighted by Crippen LogP contribution is 2.22. The Bertz CT molecular complexity index is 449. The van der Waals surface area contributed by atoms with Gasteiger partial charge in [0.15, 0.2) is 6.29 Å². The Morgan fingerprint density at radius 2 is 1.75 bits per heavy atom. The summed E-state index contributed by atoms with van der Waals surface area (Å²) in [6.45, 7) is 4.26. The molecular formula is C16H25NO3. The Hall–Kier alpha value is -1.58. The number of carbonyl (C=O) groups excluding carboxylic acids is 2. The number of carbonyl (C=O) groups is 2. The number of Topliss-reactive ketones (excluding diaryl/α,β-unsaturated/α-hetero) is 1. The van der Waals surface area contributed by atoms with Gasteiger partial charge in [-0.25, -0.2) is 0 Å². The monoisotopic (exact) mass is 279 g/mol. The fourth-order valence-electron chi connectivity index (χ4n) is 2.51. The van der Waals surface area contributed by atoms with Crippen molar-refractivity contribution in [3.05, 3.63) is 23.0 Å². The average molecular weight is 279 g/mol. The van der Waals surface area contributed by atoms with Crippen LogP contribution in [0, 0.1) is 0 Å². The molecule has 0 aliphatic heterocycles. The Morgan fingerprint density at radius 1 is 1.15 bits per heavy atom. The van der Waals surface area contributed by atoms with Crippen LogP contribution in [0.2, 0.25) is 0 Å². The van der Waals surface area contributed by atoms with Gasteiger partial charge < -0.3 is 5.21 Å². The van der Waals surface area contributed by atoms with Crippen LogP contribution in [0.1, 0.15) is 74.0 Å². The van der Waals surface area contributed by atoms with Crippen LogP contribution < -0.4 is 0 Å². The second-order valence-corrected chi connectivity index (χ2v) is 5.22. The van der Waals surface area contributed by atoms with E-state index >= 15 is 0 Å². The first kappa shape index (κ1) is 16.5. The highest BCUT2D eigenvalue weighted by molar-refractivity contribution is 6.33. The van der Waals surface area contributed by atoms with Gasteiger partial charge in [0.2, 0.25) is 5.78 Å². The molecule has 20 heavy (non-hydrogen) atoms. The van der Waals surface area contributed by atoms with Gasteiger partial charge in [0.05, 0.1) is 0 Å². The first-order valence-electron chi connectivity index (χ1n) is 7.57. The van der Waals surface area contributed by atoms with Gasteiger partial charge in [0.25, 0.3) is 0 Å². The van der Waals surface area contributed by atoms with E-state index in [0.29, 0.717) is 0 Å². The van der Waals surface area contributed by atoms with Crippen molar-refractivity contribution >= 4 is 12.1 Å². The van der Waals surface area contributed by atoms with Crippen molar-refractivity contribution in [2.24, 2.45) is 0 Å². The number of unbranched alkanes of at least 4 members (excludes halogenated alkanes) is 4. The zero-order chi connectivity index (χ0) is 15.0. The van der Waals surface area contributed by atoms with E-state index in [2.05, 4.69) is 13.8 Å². The van der Waals surface area contributed by atoms with E-state index in [1.165, 1.54) is 0 Å². The summed E-state index contributed by atoms with van der Waals surface area (Å²) in [4.78, 5) is 22.4. The van der Waals surface area contributed by atoms with E-state index < -0.39 is 5.78 Å². The highest BCUT2D eigenvalue weighted by atomic mass is 16.5.